The second-order valence-corrected chi connectivity index (χ2v) is 9.50. The van der Waals surface area contributed by atoms with Crippen LogP contribution in [0.25, 0.3) is 0 Å². The summed E-state index contributed by atoms with van der Waals surface area (Å²) in [7, 11) is 1.67. The molecule has 1 atom stereocenters. The number of unbranched alkanes of at least 4 members (excludes halogenated alkanes) is 2. The second kappa shape index (κ2) is 14.6. The van der Waals surface area contributed by atoms with Crippen LogP contribution in [0.5, 0.6) is 0 Å². The molecule has 4 nitrogen and oxygen atoms in total. The van der Waals surface area contributed by atoms with Gasteiger partial charge in [-0.05, 0) is 37.5 Å². The second-order valence-electron chi connectivity index (χ2n) is 9.50. The number of hydrogen-bond acceptors (Lipinski definition) is 4. The molecule has 1 saturated carbocycles. The highest BCUT2D eigenvalue weighted by molar-refractivity contribution is 5.87. The van der Waals surface area contributed by atoms with Gasteiger partial charge in [0.25, 0.3) is 0 Å². The third-order valence-corrected chi connectivity index (χ3v) is 7.11. The van der Waals surface area contributed by atoms with Gasteiger partial charge in [-0.3, -0.25) is 0 Å². The Morgan fingerprint density at radius 2 is 1.81 bits per heavy atom. The summed E-state index contributed by atoms with van der Waals surface area (Å²) in [5, 5.41) is 9.01. The third-order valence-electron chi connectivity index (χ3n) is 7.11. The molecule has 0 heterocycles. The van der Waals surface area contributed by atoms with Gasteiger partial charge in [0.1, 0.15) is 6.61 Å². The molecule has 0 spiro atoms. The van der Waals surface area contributed by atoms with Crippen molar-refractivity contribution in [1.29, 1.82) is 0 Å². The molecule has 0 saturated heterocycles. The lowest BCUT2D eigenvalue weighted by Gasteiger charge is -2.29. The normalized spacial score (nSPS) is 22.4. The van der Waals surface area contributed by atoms with E-state index in [0.717, 1.165) is 24.7 Å². The van der Waals surface area contributed by atoms with Crippen LogP contribution >= 0.6 is 0 Å². The van der Waals surface area contributed by atoms with Crippen LogP contribution < -0.4 is 0 Å². The van der Waals surface area contributed by atoms with E-state index >= 15 is 0 Å². The molecule has 31 heavy (non-hydrogen) atoms. The summed E-state index contributed by atoms with van der Waals surface area (Å²) in [6.45, 7) is 6.23. The zero-order valence-corrected chi connectivity index (χ0v) is 19.9. The largest absolute Gasteiger partial charge is 0.462 e. The average molecular weight is 433 g/mol. The van der Waals surface area contributed by atoms with Gasteiger partial charge in [0.2, 0.25) is 0 Å². The number of rotatable bonds is 14. The lowest BCUT2D eigenvalue weighted by molar-refractivity contribution is -0.140. The lowest BCUT2D eigenvalue weighted by Crippen LogP contribution is -2.22. The van der Waals surface area contributed by atoms with E-state index in [1.165, 1.54) is 69.8 Å². The molecule has 2 aliphatic rings. The minimum absolute atomic E-state index is 0.0567. The van der Waals surface area contributed by atoms with Crippen molar-refractivity contribution in [3.63, 3.8) is 0 Å². The summed E-state index contributed by atoms with van der Waals surface area (Å²) in [5.41, 5.74) is 2.92. The average Bonchev–Trinajstić information content (AvgIpc) is 2.81. The van der Waals surface area contributed by atoms with Crippen molar-refractivity contribution in [2.45, 2.75) is 84.0 Å². The van der Waals surface area contributed by atoms with Crippen molar-refractivity contribution in [1.82, 2.24) is 0 Å². The van der Waals surface area contributed by atoms with Crippen LogP contribution in [0, 0.1) is 17.8 Å². The van der Waals surface area contributed by atoms with Gasteiger partial charge in [-0.2, -0.15) is 0 Å². The molecule has 1 fully saturated rings. The van der Waals surface area contributed by atoms with Gasteiger partial charge in [-0.15, -0.1) is 0 Å². The molecule has 0 radical (unpaired) electrons. The van der Waals surface area contributed by atoms with Gasteiger partial charge in [0.15, 0.2) is 0 Å². The summed E-state index contributed by atoms with van der Waals surface area (Å²) >= 11 is 0. The predicted octanol–water partition coefficient (Wildman–Crippen LogP) is 6.15. The molecule has 0 amide bonds. The number of ether oxygens (including phenoxy) is 2. The van der Waals surface area contributed by atoms with Crippen LogP contribution in [0.2, 0.25) is 0 Å². The maximum atomic E-state index is 11.8. The number of carbonyl (C=O) groups is 1. The van der Waals surface area contributed by atoms with Crippen LogP contribution in [0.15, 0.2) is 35.5 Å². The van der Waals surface area contributed by atoms with Gasteiger partial charge in [-0.1, -0.05) is 88.2 Å². The fourth-order valence-corrected chi connectivity index (χ4v) is 4.93. The molecule has 0 aromatic rings. The molecule has 0 aromatic heterocycles. The van der Waals surface area contributed by atoms with Crippen molar-refractivity contribution < 1.29 is 19.4 Å². The molecule has 0 aliphatic heterocycles. The van der Waals surface area contributed by atoms with Crippen molar-refractivity contribution >= 4 is 5.97 Å². The number of aliphatic hydroxyl groups excluding tert-OH is 1. The smallest absolute Gasteiger partial charge is 0.335 e. The Kier molecular flexibility index (Phi) is 12.2. The highest BCUT2D eigenvalue weighted by atomic mass is 16.5. The Morgan fingerprint density at radius 3 is 2.39 bits per heavy atom. The summed E-state index contributed by atoms with van der Waals surface area (Å²) in [4.78, 5) is 11.8. The maximum absolute atomic E-state index is 11.8. The van der Waals surface area contributed by atoms with Crippen LogP contribution in [-0.2, 0) is 14.3 Å². The number of allylic oxidation sites excluding steroid dienone is 3. The van der Waals surface area contributed by atoms with Crippen LogP contribution in [0.1, 0.15) is 84.0 Å². The highest BCUT2D eigenvalue weighted by Gasteiger charge is 2.22. The standard InChI is InChI=1S/C27H44O4/c1-4-5-6-7-22-8-10-23(11-9-22)12-13-24-14-16-25(17-15-24)26(19-30-3)20-31-27(29)21(2)18-28/h14,16,22-23,26,28H,2,4-13,15,17-20H2,1,3H3. The van der Waals surface area contributed by atoms with E-state index in [1.54, 1.807) is 12.7 Å². The van der Waals surface area contributed by atoms with Gasteiger partial charge in [0.05, 0.1) is 18.8 Å². The molecule has 1 unspecified atom stereocenters. The fourth-order valence-electron chi connectivity index (χ4n) is 4.93. The van der Waals surface area contributed by atoms with Gasteiger partial charge in [0, 0.05) is 13.0 Å². The Bertz CT molecular complexity index is 611. The molecule has 0 bridgehead atoms. The maximum Gasteiger partial charge on any atom is 0.335 e. The number of hydrogen-bond donors (Lipinski definition) is 1. The first-order valence-corrected chi connectivity index (χ1v) is 12.4. The van der Waals surface area contributed by atoms with Gasteiger partial charge in [-0.25, -0.2) is 4.79 Å². The first-order chi connectivity index (χ1) is 15.1. The van der Waals surface area contributed by atoms with Crippen molar-refractivity contribution in [3.8, 4) is 0 Å². The van der Waals surface area contributed by atoms with Crippen LogP contribution in [-0.4, -0.2) is 38.0 Å². The zero-order valence-electron chi connectivity index (χ0n) is 19.9. The SMILES string of the molecule is C=C(CO)C(=O)OCC(COC)C1=CC=C(CCC2CCC(CCCCC)CC2)CC1. The number of carbonyl (C=O) groups excluding carboxylic acids is 1. The van der Waals surface area contributed by atoms with Crippen molar-refractivity contribution in [2.75, 3.05) is 26.9 Å². The van der Waals surface area contributed by atoms with E-state index in [2.05, 4.69) is 25.7 Å². The fraction of sp³-hybridized carbons (Fsp3) is 0.741. The molecule has 4 heteroatoms. The Labute approximate surface area is 189 Å². The van der Waals surface area contributed by atoms with Crippen LogP contribution in [0.3, 0.4) is 0 Å². The molecular formula is C27H44O4. The van der Waals surface area contributed by atoms with Gasteiger partial charge < -0.3 is 14.6 Å². The van der Waals surface area contributed by atoms with E-state index < -0.39 is 5.97 Å². The molecule has 176 valence electrons. The van der Waals surface area contributed by atoms with Crippen molar-refractivity contribution in [2.24, 2.45) is 17.8 Å². The Morgan fingerprint density at radius 1 is 1.10 bits per heavy atom. The lowest BCUT2D eigenvalue weighted by atomic mass is 9.77. The summed E-state index contributed by atoms with van der Waals surface area (Å²) in [5.74, 6) is 1.43. The van der Waals surface area contributed by atoms with Crippen molar-refractivity contribution in [3.05, 3.63) is 35.5 Å². The van der Waals surface area contributed by atoms with Crippen LogP contribution in [0.4, 0.5) is 0 Å². The van der Waals surface area contributed by atoms with E-state index in [1.807, 2.05) is 0 Å². The quantitative estimate of drug-likeness (QED) is 0.203. The van der Waals surface area contributed by atoms with Gasteiger partial charge >= 0.3 is 5.97 Å². The summed E-state index contributed by atoms with van der Waals surface area (Å²) < 4.78 is 10.7. The summed E-state index contributed by atoms with van der Waals surface area (Å²) in [6.07, 6.45) is 20.5. The summed E-state index contributed by atoms with van der Waals surface area (Å²) in [6, 6.07) is 0. The Balaban J connectivity index is 1.75. The number of methoxy groups -OCH3 is 1. The number of aliphatic hydroxyl groups is 1. The van der Waals surface area contributed by atoms with E-state index in [4.69, 9.17) is 14.6 Å². The first-order valence-electron chi connectivity index (χ1n) is 12.4. The monoisotopic (exact) mass is 432 g/mol. The minimum atomic E-state index is -0.531. The van der Waals surface area contributed by atoms with E-state index in [0.29, 0.717) is 6.61 Å². The predicted molar refractivity (Wildman–Crippen MR) is 127 cm³/mol. The molecule has 2 rings (SSSR count). The zero-order chi connectivity index (χ0) is 22.5. The highest BCUT2D eigenvalue weighted by Crippen LogP contribution is 2.36. The minimum Gasteiger partial charge on any atom is -0.462 e. The Hall–Kier alpha value is -1.39. The number of esters is 1. The molecular weight excluding hydrogens is 388 g/mol. The van der Waals surface area contributed by atoms with E-state index in [-0.39, 0.29) is 24.7 Å². The molecule has 1 N–H and O–H groups in total. The first kappa shape index (κ1) is 25.9. The topological polar surface area (TPSA) is 55.8 Å². The molecule has 0 aromatic carbocycles. The van der Waals surface area contributed by atoms with E-state index in [9.17, 15) is 4.79 Å². The molecule has 2 aliphatic carbocycles. The third kappa shape index (κ3) is 9.33.